The highest BCUT2D eigenvalue weighted by Gasteiger charge is 2.30. The highest BCUT2D eigenvalue weighted by Crippen LogP contribution is 2.22. The summed E-state index contributed by atoms with van der Waals surface area (Å²) in [6.07, 6.45) is 6.84. The number of likely N-dealkylation sites (tertiary alicyclic amines) is 1. The lowest BCUT2D eigenvalue weighted by molar-refractivity contribution is 0.191. The first-order chi connectivity index (χ1) is 8.31. The molecule has 3 atom stereocenters. The molecular formula is C14H22N2O. The van der Waals surface area contributed by atoms with Crippen molar-refractivity contribution in [3.05, 3.63) is 24.2 Å². The summed E-state index contributed by atoms with van der Waals surface area (Å²) in [6, 6.07) is 6.15. The minimum atomic E-state index is 0.585. The number of hydrogen-bond donors (Lipinski definition) is 1. The standard InChI is InChI=1S/C14H22N2O/c1-11(9-14-3-2-8-17-14)16-7-6-12-4-5-13(10-16)15-12/h2-3,8,11-13,15H,4-7,9-10H2,1H3. The Kier molecular flexibility index (Phi) is 3.21. The molecule has 2 aliphatic heterocycles. The Morgan fingerprint density at radius 1 is 1.41 bits per heavy atom. The predicted octanol–water partition coefficient (Wildman–Crippen LogP) is 2.04. The number of rotatable bonds is 3. The Labute approximate surface area is 103 Å². The van der Waals surface area contributed by atoms with Crippen LogP contribution in [0.2, 0.25) is 0 Å². The van der Waals surface area contributed by atoms with Gasteiger partial charge in [0, 0.05) is 31.1 Å². The number of nitrogens with one attached hydrogen (secondary N) is 1. The van der Waals surface area contributed by atoms with E-state index in [9.17, 15) is 0 Å². The summed E-state index contributed by atoms with van der Waals surface area (Å²) in [5.41, 5.74) is 0. The van der Waals surface area contributed by atoms with Crippen LogP contribution < -0.4 is 5.32 Å². The second-order valence-corrected chi connectivity index (χ2v) is 5.55. The molecule has 0 spiro atoms. The third kappa shape index (κ3) is 2.55. The molecule has 2 bridgehead atoms. The van der Waals surface area contributed by atoms with Crippen molar-refractivity contribution in [2.45, 2.75) is 50.7 Å². The lowest BCUT2D eigenvalue weighted by Gasteiger charge is -2.29. The zero-order chi connectivity index (χ0) is 11.7. The molecule has 3 nitrogen and oxygen atoms in total. The van der Waals surface area contributed by atoms with Gasteiger partial charge in [0.05, 0.1) is 6.26 Å². The van der Waals surface area contributed by atoms with Crippen molar-refractivity contribution in [1.82, 2.24) is 10.2 Å². The Bertz CT molecular complexity index is 349. The zero-order valence-electron chi connectivity index (χ0n) is 10.6. The zero-order valence-corrected chi connectivity index (χ0v) is 10.6. The van der Waals surface area contributed by atoms with E-state index in [0.29, 0.717) is 6.04 Å². The average molecular weight is 234 g/mol. The first-order valence-electron chi connectivity index (χ1n) is 6.84. The van der Waals surface area contributed by atoms with E-state index in [4.69, 9.17) is 4.42 Å². The minimum absolute atomic E-state index is 0.585. The molecule has 3 heteroatoms. The first-order valence-corrected chi connectivity index (χ1v) is 6.84. The second kappa shape index (κ2) is 4.83. The van der Waals surface area contributed by atoms with Crippen LogP contribution in [0.15, 0.2) is 22.8 Å². The molecule has 2 saturated heterocycles. The fraction of sp³-hybridized carbons (Fsp3) is 0.714. The molecule has 0 amide bonds. The van der Waals surface area contributed by atoms with Crippen LogP contribution in [-0.2, 0) is 6.42 Å². The van der Waals surface area contributed by atoms with E-state index in [1.807, 2.05) is 6.07 Å². The van der Waals surface area contributed by atoms with Crippen LogP contribution in [0.4, 0.5) is 0 Å². The first kappa shape index (κ1) is 11.3. The Morgan fingerprint density at radius 2 is 2.29 bits per heavy atom. The molecule has 0 aromatic carbocycles. The number of nitrogens with zero attached hydrogens (tertiary/aromatic N) is 1. The maximum Gasteiger partial charge on any atom is 0.105 e. The van der Waals surface area contributed by atoms with Gasteiger partial charge >= 0.3 is 0 Å². The third-order valence-electron chi connectivity index (χ3n) is 4.25. The molecule has 1 aromatic rings. The smallest absolute Gasteiger partial charge is 0.105 e. The maximum absolute atomic E-state index is 5.45. The van der Waals surface area contributed by atoms with Crippen molar-refractivity contribution in [2.24, 2.45) is 0 Å². The summed E-state index contributed by atoms with van der Waals surface area (Å²) < 4.78 is 5.45. The third-order valence-corrected chi connectivity index (χ3v) is 4.25. The van der Waals surface area contributed by atoms with E-state index in [2.05, 4.69) is 23.2 Å². The van der Waals surface area contributed by atoms with Gasteiger partial charge in [-0.15, -0.1) is 0 Å². The van der Waals surface area contributed by atoms with Crippen LogP contribution in [0.5, 0.6) is 0 Å². The minimum Gasteiger partial charge on any atom is -0.469 e. The van der Waals surface area contributed by atoms with E-state index >= 15 is 0 Å². The quantitative estimate of drug-likeness (QED) is 0.867. The lowest BCUT2D eigenvalue weighted by atomic mass is 10.1. The van der Waals surface area contributed by atoms with Crippen molar-refractivity contribution in [1.29, 1.82) is 0 Å². The Hall–Kier alpha value is -0.800. The van der Waals surface area contributed by atoms with E-state index in [1.54, 1.807) is 6.26 Å². The van der Waals surface area contributed by atoms with Crippen molar-refractivity contribution < 1.29 is 4.42 Å². The fourth-order valence-corrected chi connectivity index (χ4v) is 3.22. The summed E-state index contributed by atoms with van der Waals surface area (Å²) in [5.74, 6) is 1.11. The molecule has 3 heterocycles. The summed E-state index contributed by atoms with van der Waals surface area (Å²) in [5, 5.41) is 3.73. The van der Waals surface area contributed by atoms with Crippen LogP contribution in [0.3, 0.4) is 0 Å². The van der Waals surface area contributed by atoms with Crippen molar-refractivity contribution in [2.75, 3.05) is 13.1 Å². The Balaban J connectivity index is 1.60. The summed E-state index contributed by atoms with van der Waals surface area (Å²) in [6.45, 7) is 4.76. The largest absolute Gasteiger partial charge is 0.469 e. The van der Waals surface area contributed by atoms with Gasteiger partial charge in [0.2, 0.25) is 0 Å². The molecule has 94 valence electrons. The van der Waals surface area contributed by atoms with Crippen LogP contribution in [0.1, 0.15) is 31.9 Å². The SMILES string of the molecule is CC(Cc1ccco1)N1CCC2CCC(C1)N2. The van der Waals surface area contributed by atoms with Gasteiger partial charge in [0.25, 0.3) is 0 Å². The molecule has 1 aromatic heterocycles. The van der Waals surface area contributed by atoms with Gasteiger partial charge < -0.3 is 9.73 Å². The molecule has 0 saturated carbocycles. The maximum atomic E-state index is 5.45. The average Bonchev–Trinajstić information content (AvgIpc) is 2.88. The molecule has 1 N–H and O–H groups in total. The summed E-state index contributed by atoms with van der Waals surface area (Å²) >= 11 is 0. The van der Waals surface area contributed by atoms with E-state index < -0.39 is 0 Å². The summed E-state index contributed by atoms with van der Waals surface area (Å²) in [4.78, 5) is 2.62. The molecule has 0 radical (unpaired) electrons. The van der Waals surface area contributed by atoms with E-state index in [0.717, 1.165) is 24.3 Å². The lowest BCUT2D eigenvalue weighted by Crippen LogP contribution is -2.41. The van der Waals surface area contributed by atoms with Crippen LogP contribution >= 0.6 is 0 Å². The highest BCUT2D eigenvalue weighted by atomic mass is 16.3. The second-order valence-electron chi connectivity index (χ2n) is 5.55. The molecule has 17 heavy (non-hydrogen) atoms. The van der Waals surface area contributed by atoms with Crippen LogP contribution in [0, 0.1) is 0 Å². The molecular weight excluding hydrogens is 212 g/mol. The van der Waals surface area contributed by atoms with Gasteiger partial charge in [-0.05, 0) is 44.9 Å². The van der Waals surface area contributed by atoms with Gasteiger partial charge in [-0.1, -0.05) is 0 Å². The van der Waals surface area contributed by atoms with E-state index in [-0.39, 0.29) is 0 Å². The van der Waals surface area contributed by atoms with Gasteiger partial charge in [-0.2, -0.15) is 0 Å². The van der Waals surface area contributed by atoms with Gasteiger partial charge in [-0.25, -0.2) is 0 Å². The molecule has 3 unspecified atom stereocenters. The molecule has 2 fully saturated rings. The van der Waals surface area contributed by atoms with Gasteiger partial charge in [-0.3, -0.25) is 4.90 Å². The van der Waals surface area contributed by atoms with Gasteiger partial charge in [0.15, 0.2) is 0 Å². The Morgan fingerprint density at radius 3 is 3.12 bits per heavy atom. The molecule has 0 aliphatic carbocycles. The summed E-state index contributed by atoms with van der Waals surface area (Å²) in [7, 11) is 0. The van der Waals surface area contributed by atoms with Crippen molar-refractivity contribution >= 4 is 0 Å². The van der Waals surface area contributed by atoms with Gasteiger partial charge in [0.1, 0.15) is 5.76 Å². The normalized spacial score (nSPS) is 31.4. The van der Waals surface area contributed by atoms with Crippen molar-refractivity contribution in [3.8, 4) is 0 Å². The monoisotopic (exact) mass is 234 g/mol. The van der Waals surface area contributed by atoms with E-state index in [1.165, 1.54) is 32.4 Å². The topological polar surface area (TPSA) is 28.4 Å². The van der Waals surface area contributed by atoms with Crippen LogP contribution in [0.25, 0.3) is 0 Å². The number of fused-ring (bicyclic) bond motifs is 2. The molecule has 2 aliphatic rings. The number of hydrogen-bond acceptors (Lipinski definition) is 3. The van der Waals surface area contributed by atoms with Crippen LogP contribution in [-0.4, -0.2) is 36.1 Å². The van der Waals surface area contributed by atoms with Crippen molar-refractivity contribution in [3.63, 3.8) is 0 Å². The number of furan rings is 1. The molecule has 3 rings (SSSR count). The fourth-order valence-electron chi connectivity index (χ4n) is 3.22. The predicted molar refractivity (Wildman–Crippen MR) is 68.0 cm³/mol. The highest BCUT2D eigenvalue weighted by molar-refractivity contribution is 5.01.